The van der Waals surface area contributed by atoms with Gasteiger partial charge in [-0.05, 0) is 30.2 Å². The highest BCUT2D eigenvalue weighted by Gasteiger charge is 2.38. The highest BCUT2D eigenvalue weighted by atomic mass is 16.5. The molecule has 0 spiro atoms. The minimum Gasteiger partial charge on any atom is -0.462 e. The van der Waals surface area contributed by atoms with Crippen molar-refractivity contribution < 1.29 is 19.4 Å². The van der Waals surface area contributed by atoms with Crippen LogP contribution in [0.2, 0.25) is 0 Å². The summed E-state index contributed by atoms with van der Waals surface area (Å²) in [5.74, 6) is -1.35. The lowest BCUT2D eigenvalue weighted by molar-refractivity contribution is -0.133. The molecule has 2 rings (SSSR count). The van der Waals surface area contributed by atoms with Crippen LogP contribution in [-0.4, -0.2) is 23.6 Å². The van der Waals surface area contributed by atoms with Crippen molar-refractivity contribution in [1.82, 2.24) is 0 Å². The number of aliphatic hydroxyl groups is 1. The summed E-state index contributed by atoms with van der Waals surface area (Å²) in [6, 6.07) is 14.4. The number of benzene rings is 2. The molecule has 1 atom stereocenters. The number of nitrogens with two attached hydrogens (primary N) is 1. The van der Waals surface area contributed by atoms with E-state index in [9.17, 15) is 14.7 Å². The molecule has 3 N–H and O–H groups in total. The van der Waals surface area contributed by atoms with Crippen LogP contribution in [0.15, 0.2) is 54.6 Å². The van der Waals surface area contributed by atoms with Gasteiger partial charge in [0.2, 0.25) is 0 Å². The second-order valence-electron chi connectivity index (χ2n) is 4.74. The number of esters is 1. The van der Waals surface area contributed by atoms with E-state index in [-0.39, 0.29) is 6.61 Å². The molecule has 1 unspecified atom stereocenters. The van der Waals surface area contributed by atoms with E-state index in [2.05, 4.69) is 0 Å². The Kier molecular flexibility index (Phi) is 4.58. The first-order chi connectivity index (χ1) is 10.5. The normalized spacial score (nSPS) is 13.2. The van der Waals surface area contributed by atoms with Crippen molar-refractivity contribution in [3.63, 3.8) is 0 Å². The fourth-order valence-corrected chi connectivity index (χ4v) is 2.19. The summed E-state index contributed by atoms with van der Waals surface area (Å²) in [7, 11) is 0. The minimum atomic E-state index is -1.95. The summed E-state index contributed by atoms with van der Waals surface area (Å²) < 4.78 is 4.89. The molecule has 0 radical (unpaired) electrons. The third-order valence-corrected chi connectivity index (χ3v) is 3.36. The molecule has 0 saturated heterocycles. The van der Waals surface area contributed by atoms with Gasteiger partial charge in [-0.1, -0.05) is 42.5 Å². The van der Waals surface area contributed by atoms with E-state index in [0.29, 0.717) is 16.7 Å². The molecule has 2 aromatic rings. The van der Waals surface area contributed by atoms with Crippen molar-refractivity contribution in [1.29, 1.82) is 0 Å². The summed E-state index contributed by atoms with van der Waals surface area (Å²) >= 11 is 0. The minimum absolute atomic E-state index is 0.274. The quantitative estimate of drug-likeness (QED) is 0.820. The van der Waals surface area contributed by atoms with E-state index in [4.69, 9.17) is 10.5 Å². The molecule has 0 aliphatic rings. The van der Waals surface area contributed by atoms with Crippen molar-refractivity contribution >= 4 is 11.9 Å². The highest BCUT2D eigenvalue weighted by Crippen LogP contribution is 2.29. The van der Waals surface area contributed by atoms with Gasteiger partial charge in [-0.2, -0.15) is 0 Å². The number of carbonyl (C=O) groups excluding carboxylic acids is 2. The van der Waals surface area contributed by atoms with E-state index in [1.165, 1.54) is 24.3 Å². The number of rotatable bonds is 5. The van der Waals surface area contributed by atoms with E-state index in [0.717, 1.165) is 0 Å². The van der Waals surface area contributed by atoms with Gasteiger partial charge in [0.15, 0.2) is 5.60 Å². The Hall–Kier alpha value is -2.66. The van der Waals surface area contributed by atoms with Crippen molar-refractivity contribution in [3.8, 4) is 0 Å². The summed E-state index contributed by atoms with van der Waals surface area (Å²) in [5, 5.41) is 10.8. The zero-order valence-electron chi connectivity index (χ0n) is 12.2. The Labute approximate surface area is 128 Å². The average molecular weight is 299 g/mol. The molecular weight excluding hydrogens is 282 g/mol. The van der Waals surface area contributed by atoms with Crippen LogP contribution in [0.3, 0.4) is 0 Å². The third kappa shape index (κ3) is 2.84. The molecule has 0 bridgehead atoms. The fraction of sp³-hybridized carbons (Fsp3) is 0.176. The first-order valence-corrected chi connectivity index (χ1v) is 6.85. The predicted molar refractivity (Wildman–Crippen MR) is 81.0 cm³/mol. The molecule has 1 amide bonds. The summed E-state index contributed by atoms with van der Waals surface area (Å²) in [6.07, 6.45) is 0. The first kappa shape index (κ1) is 15.7. The van der Waals surface area contributed by atoms with Crippen molar-refractivity contribution in [2.45, 2.75) is 12.5 Å². The maximum absolute atomic E-state index is 11.8. The second kappa shape index (κ2) is 6.41. The van der Waals surface area contributed by atoms with Crippen LogP contribution in [0.25, 0.3) is 0 Å². The van der Waals surface area contributed by atoms with Crippen LogP contribution in [0, 0.1) is 0 Å². The van der Waals surface area contributed by atoms with Gasteiger partial charge in [-0.3, -0.25) is 4.79 Å². The highest BCUT2D eigenvalue weighted by molar-refractivity contribution is 5.91. The Morgan fingerprint density at radius 2 is 1.59 bits per heavy atom. The van der Waals surface area contributed by atoms with E-state index < -0.39 is 17.5 Å². The number of hydrogen-bond donors (Lipinski definition) is 2. The fourth-order valence-electron chi connectivity index (χ4n) is 2.19. The summed E-state index contributed by atoms with van der Waals surface area (Å²) in [6.45, 7) is 1.99. The van der Waals surface area contributed by atoms with Gasteiger partial charge in [0.25, 0.3) is 5.91 Å². The summed E-state index contributed by atoms with van der Waals surface area (Å²) in [4.78, 5) is 23.5. The Bertz CT molecular complexity index is 667. The molecule has 114 valence electrons. The number of primary amides is 1. The van der Waals surface area contributed by atoms with Crippen molar-refractivity contribution in [3.05, 3.63) is 71.3 Å². The average Bonchev–Trinajstić information content (AvgIpc) is 2.55. The van der Waals surface area contributed by atoms with Gasteiger partial charge in [-0.25, -0.2) is 4.79 Å². The third-order valence-electron chi connectivity index (χ3n) is 3.36. The molecule has 0 aromatic heterocycles. The molecule has 0 heterocycles. The molecular formula is C17H17NO4. The van der Waals surface area contributed by atoms with Crippen LogP contribution in [0.1, 0.15) is 28.4 Å². The number of amides is 1. The van der Waals surface area contributed by atoms with Gasteiger partial charge in [0.05, 0.1) is 12.2 Å². The number of hydrogen-bond acceptors (Lipinski definition) is 4. The lowest BCUT2D eigenvalue weighted by atomic mass is 9.85. The lowest BCUT2D eigenvalue weighted by Gasteiger charge is -2.25. The van der Waals surface area contributed by atoms with Gasteiger partial charge < -0.3 is 15.6 Å². The monoisotopic (exact) mass is 299 g/mol. The van der Waals surface area contributed by atoms with Gasteiger partial charge >= 0.3 is 5.97 Å². The molecule has 0 aliphatic heterocycles. The predicted octanol–water partition coefficient (Wildman–Crippen LogP) is 1.58. The maximum Gasteiger partial charge on any atom is 0.338 e. The van der Waals surface area contributed by atoms with Crippen LogP contribution in [-0.2, 0) is 15.1 Å². The lowest BCUT2D eigenvalue weighted by Crippen LogP contribution is -2.42. The van der Waals surface area contributed by atoms with Crippen molar-refractivity contribution in [2.75, 3.05) is 6.61 Å². The molecule has 0 fully saturated rings. The maximum atomic E-state index is 11.8. The van der Waals surface area contributed by atoms with Crippen molar-refractivity contribution in [2.24, 2.45) is 5.73 Å². The standard InChI is InChI=1S/C17H17NO4/c1-2-22-15(19)12-8-10-14(11-9-12)17(21,16(18)20)13-6-4-3-5-7-13/h3-11,21H,2H2,1H3,(H2,18,20). The van der Waals surface area contributed by atoms with E-state index >= 15 is 0 Å². The zero-order chi connectivity index (χ0) is 16.2. The molecule has 5 heteroatoms. The van der Waals surface area contributed by atoms with Crippen LogP contribution < -0.4 is 5.73 Å². The second-order valence-corrected chi connectivity index (χ2v) is 4.74. The SMILES string of the molecule is CCOC(=O)c1ccc(C(O)(C(N)=O)c2ccccc2)cc1. The number of carbonyl (C=O) groups is 2. The molecule has 0 saturated carbocycles. The van der Waals surface area contributed by atoms with E-state index in [1.807, 2.05) is 0 Å². The zero-order valence-corrected chi connectivity index (χ0v) is 12.2. The van der Waals surface area contributed by atoms with Crippen LogP contribution in [0.5, 0.6) is 0 Å². The topological polar surface area (TPSA) is 89.6 Å². The van der Waals surface area contributed by atoms with Crippen LogP contribution in [0.4, 0.5) is 0 Å². The van der Waals surface area contributed by atoms with Crippen LogP contribution >= 0.6 is 0 Å². The molecule has 2 aromatic carbocycles. The molecule has 22 heavy (non-hydrogen) atoms. The Balaban J connectivity index is 2.43. The largest absolute Gasteiger partial charge is 0.462 e. The van der Waals surface area contributed by atoms with Gasteiger partial charge in [0.1, 0.15) is 0 Å². The van der Waals surface area contributed by atoms with Gasteiger partial charge in [-0.15, -0.1) is 0 Å². The number of ether oxygens (including phenoxy) is 1. The Morgan fingerprint density at radius 3 is 2.09 bits per heavy atom. The summed E-state index contributed by atoms with van der Waals surface area (Å²) in [5.41, 5.74) is 4.45. The van der Waals surface area contributed by atoms with E-state index in [1.54, 1.807) is 37.3 Å². The Morgan fingerprint density at radius 1 is 1.05 bits per heavy atom. The smallest absolute Gasteiger partial charge is 0.338 e. The molecule has 0 aliphatic carbocycles. The first-order valence-electron chi connectivity index (χ1n) is 6.85. The molecule has 5 nitrogen and oxygen atoms in total. The van der Waals surface area contributed by atoms with Gasteiger partial charge in [0, 0.05) is 0 Å².